The third-order valence-electron chi connectivity index (χ3n) is 8.42. The summed E-state index contributed by atoms with van der Waals surface area (Å²) >= 11 is 0. The first-order valence-electron chi connectivity index (χ1n) is 12.9. The molecule has 3 aromatic carbocycles. The molecule has 1 amide bonds. The number of nitrogens with zero attached hydrogens (tertiary/aromatic N) is 2. The number of benzene rings is 3. The van der Waals surface area contributed by atoms with Gasteiger partial charge < -0.3 is 14.2 Å². The fraction of sp³-hybridized carbons (Fsp3) is 0.367. The lowest BCUT2D eigenvalue weighted by atomic mass is 9.78. The highest BCUT2D eigenvalue weighted by atomic mass is 16.7. The maximum atomic E-state index is 13.8. The van der Waals surface area contributed by atoms with Crippen LogP contribution in [-0.4, -0.2) is 40.1 Å². The Kier molecular flexibility index (Phi) is 5.60. The van der Waals surface area contributed by atoms with Crippen molar-refractivity contribution in [3.8, 4) is 0 Å². The number of hydrogen-bond acceptors (Lipinski definition) is 4. The van der Waals surface area contributed by atoms with E-state index in [2.05, 4.69) is 98.2 Å². The van der Waals surface area contributed by atoms with Gasteiger partial charge in [0.15, 0.2) is 0 Å². The second kappa shape index (κ2) is 8.58. The summed E-state index contributed by atoms with van der Waals surface area (Å²) in [4.78, 5) is 18.2. The van der Waals surface area contributed by atoms with Crippen molar-refractivity contribution < 1.29 is 14.1 Å². The van der Waals surface area contributed by atoms with Crippen LogP contribution in [-0.2, 0) is 33.6 Å². The van der Waals surface area contributed by atoms with Crippen molar-refractivity contribution in [1.82, 2.24) is 9.80 Å². The SMILES string of the molecule is CC1(C)OB(c2ccc(C3N(Cc4ccccc4)C(=O)[C@@H]4Cc5ccccc5CN34)cc2)OC1(C)C. The fourth-order valence-corrected chi connectivity index (χ4v) is 5.64. The maximum absolute atomic E-state index is 13.8. The Balaban J connectivity index is 1.33. The average Bonchev–Trinajstić information content (AvgIpc) is 3.26. The summed E-state index contributed by atoms with van der Waals surface area (Å²) in [5.74, 6) is 0.202. The lowest BCUT2D eigenvalue weighted by Gasteiger charge is -2.35. The monoisotopic (exact) mass is 480 g/mol. The Hall–Kier alpha value is -2.93. The van der Waals surface area contributed by atoms with Crippen LogP contribution in [0.2, 0.25) is 0 Å². The average molecular weight is 480 g/mol. The van der Waals surface area contributed by atoms with Crippen LogP contribution in [0.4, 0.5) is 0 Å². The van der Waals surface area contributed by atoms with E-state index >= 15 is 0 Å². The summed E-state index contributed by atoms with van der Waals surface area (Å²) in [6.45, 7) is 9.64. The quantitative estimate of drug-likeness (QED) is 0.518. The van der Waals surface area contributed by atoms with E-state index in [-0.39, 0.29) is 29.3 Å². The third-order valence-corrected chi connectivity index (χ3v) is 8.42. The van der Waals surface area contributed by atoms with E-state index in [0.717, 1.165) is 29.6 Å². The fourth-order valence-electron chi connectivity index (χ4n) is 5.64. The molecule has 2 saturated heterocycles. The van der Waals surface area contributed by atoms with Gasteiger partial charge in [-0.1, -0.05) is 78.9 Å². The summed E-state index contributed by atoms with van der Waals surface area (Å²) in [5.41, 5.74) is 5.08. The Labute approximate surface area is 214 Å². The van der Waals surface area contributed by atoms with Crippen molar-refractivity contribution in [3.63, 3.8) is 0 Å². The molecule has 3 heterocycles. The van der Waals surface area contributed by atoms with E-state index in [1.165, 1.54) is 11.1 Å². The van der Waals surface area contributed by atoms with Crippen LogP contribution >= 0.6 is 0 Å². The Bertz CT molecular complexity index is 1260. The van der Waals surface area contributed by atoms with Gasteiger partial charge in [0.25, 0.3) is 0 Å². The number of carbonyl (C=O) groups excluding carboxylic acids is 1. The van der Waals surface area contributed by atoms with Crippen LogP contribution in [0.15, 0.2) is 78.9 Å². The molecule has 0 saturated carbocycles. The van der Waals surface area contributed by atoms with Crippen molar-refractivity contribution in [2.45, 2.75) is 70.6 Å². The van der Waals surface area contributed by atoms with Crippen molar-refractivity contribution in [3.05, 3.63) is 101 Å². The van der Waals surface area contributed by atoms with E-state index in [9.17, 15) is 4.79 Å². The molecule has 6 rings (SSSR count). The van der Waals surface area contributed by atoms with Crippen LogP contribution in [0, 0.1) is 0 Å². The van der Waals surface area contributed by atoms with Gasteiger partial charge in [-0.15, -0.1) is 0 Å². The molecule has 2 fully saturated rings. The van der Waals surface area contributed by atoms with Crippen LogP contribution in [0.25, 0.3) is 0 Å². The van der Waals surface area contributed by atoms with Crippen molar-refractivity contribution in [1.29, 1.82) is 0 Å². The molecule has 5 nitrogen and oxygen atoms in total. The minimum atomic E-state index is -0.399. The van der Waals surface area contributed by atoms with E-state index < -0.39 is 7.12 Å². The van der Waals surface area contributed by atoms with Gasteiger partial charge in [0.05, 0.1) is 17.2 Å². The van der Waals surface area contributed by atoms with Crippen molar-refractivity contribution in [2.75, 3.05) is 0 Å². The maximum Gasteiger partial charge on any atom is 0.494 e. The standard InChI is InChI=1S/C30H33BN2O3/c1-29(2)30(3,4)36-31(35-29)25-16-14-22(15-17-25)27-32-20-24-13-9-8-12-23(24)18-26(32)28(34)33(27)19-21-10-6-5-7-11-21/h5-17,26-27H,18-20H2,1-4H3/t26-,27?/m0/s1. The highest BCUT2D eigenvalue weighted by Crippen LogP contribution is 2.41. The topological polar surface area (TPSA) is 42.0 Å². The van der Waals surface area contributed by atoms with Gasteiger partial charge in [0.1, 0.15) is 6.17 Å². The number of amides is 1. The van der Waals surface area contributed by atoms with E-state index in [4.69, 9.17) is 9.31 Å². The molecule has 0 N–H and O–H groups in total. The molecular formula is C30H33BN2O3. The summed E-state index contributed by atoms with van der Waals surface area (Å²) < 4.78 is 12.5. The molecule has 0 bridgehead atoms. The molecule has 36 heavy (non-hydrogen) atoms. The molecule has 6 heteroatoms. The molecule has 2 atom stereocenters. The Morgan fingerprint density at radius 2 is 1.44 bits per heavy atom. The van der Waals surface area contributed by atoms with Crippen LogP contribution in [0.5, 0.6) is 0 Å². The number of fused-ring (bicyclic) bond motifs is 2. The van der Waals surface area contributed by atoms with E-state index in [1.807, 2.05) is 18.2 Å². The first-order chi connectivity index (χ1) is 17.2. The van der Waals surface area contributed by atoms with Crippen molar-refractivity contribution >= 4 is 18.5 Å². The number of rotatable bonds is 4. The molecule has 0 spiro atoms. The van der Waals surface area contributed by atoms with Gasteiger partial charge in [-0.2, -0.15) is 0 Å². The smallest absolute Gasteiger partial charge is 0.399 e. The van der Waals surface area contributed by atoms with Gasteiger partial charge in [-0.05, 0) is 61.8 Å². The molecule has 184 valence electrons. The van der Waals surface area contributed by atoms with Gasteiger partial charge in [-0.3, -0.25) is 9.69 Å². The van der Waals surface area contributed by atoms with Crippen LogP contribution in [0.3, 0.4) is 0 Å². The zero-order valence-electron chi connectivity index (χ0n) is 21.5. The molecule has 0 radical (unpaired) electrons. The lowest BCUT2D eigenvalue weighted by Crippen LogP contribution is -2.41. The molecular weight excluding hydrogens is 447 g/mol. The summed E-state index contributed by atoms with van der Waals surface area (Å²) in [6.07, 6.45) is 0.631. The molecule has 3 aromatic rings. The zero-order valence-corrected chi connectivity index (χ0v) is 21.5. The molecule has 1 unspecified atom stereocenters. The Morgan fingerprint density at radius 3 is 2.11 bits per heavy atom. The molecule has 3 aliphatic rings. The number of hydrogen-bond donors (Lipinski definition) is 0. The highest BCUT2D eigenvalue weighted by molar-refractivity contribution is 6.62. The summed E-state index contributed by atoms with van der Waals surface area (Å²) in [5, 5.41) is 0. The normalized spacial score (nSPS) is 24.6. The molecule has 0 aromatic heterocycles. The predicted molar refractivity (Wildman–Crippen MR) is 141 cm³/mol. The van der Waals surface area contributed by atoms with Gasteiger partial charge >= 0.3 is 7.12 Å². The minimum Gasteiger partial charge on any atom is -0.399 e. The summed E-state index contributed by atoms with van der Waals surface area (Å²) in [6, 6.07) is 27.1. The van der Waals surface area contributed by atoms with Gasteiger partial charge in [0, 0.05) is 13.1 Å². The first kappa shape index (κ1) is 23.5. The van der Waals surface area contributed by atoms with Crippen LogP contribution in [0.1, 0.15) is 56.1 Å². The van der Waals surface area contributed by atoms with E-state index in [1.54, 1.807) is 0 Å². The highest BCUT2D eigenvalue weighted by Gasteiger charge is 2.52. The lowest BCUT2D eigenvalue weighted by molar-refractivity contribution is -0.130. The zero-order chi connectivity index (χ0) is 25.1. The first-order valence-corrected chi connectivity index (χ1v) is 12.9. The minimum absolute atomic E-state index is 0.122. The van der Waals surface area contributed by atoms with E-state index in [0.29, 0.717) is 6.54 Å². The largest absolute Gasteiger partial charge is 0.494 e. The summed E-state index contributed by atoms with van der Waals surface area (Å²) in [7, 11) is -0.399. The van der Waals surface area contributed by atoms with Gasteiger partial charge in [0.2, 0.25) is 5.91 Å². The second-order valence-corrected chi connectivity index (χ2v) is 11.2. The Morgan fingerprint density at radius 1 is 0.833 bits per heavy atom. The van der Waals surface area contributed by atoms with Crippen molar-refractivity contribution in [2.24, 2.45) is 0 Å². The molecule has 0 aliphatic carbocycles. The third kappa shape index (κ3) is 3.88. The number of carbonyl (C=O) groups is 1. The van der Waals surface area contributed by atoms with Crippen LogP contribution < -0.4 is 5.46 Å². The van der Waals surface area contributed by atoms with Gasteiger partial charge in [-0.25, -0.2) is 0 Å². The second-order valence-electron chi connectivity index (χ2n) is 11.2. The predicted octanol–water partition coefficient (Wildman–Crippen LogP) is 4.45. The molecule has 3 aliphatic heterocycles.